The lowest BCUT2D eigenvalue weighted by molar-refractivity contribution is -0.147. The van der Waals surface area contributed by atoms with Gasteiger partial charge in [-0.2, -0.15) is 0 Å². The number of carboxylic acids is 1. The molecule has 36 heavy (non-hydrogen) atoms. The summed E-state index contributed by atoms with van der Waals surface area (Å²) < 4.78 is 24.6. The van der Waals surface area contributed by atoms with Crippen LogP contribution in [-0.4, -0.2) is 82.1 Å². The number of amides is 1. The summed E-state index contributed by atoms with van der Waals surface area (Å²) in [7, 11) is -3.45. The largest absolute Gasteiger partial charge is 0.480 e. The first-order chi connectivity index (χ1) is 17.1. The van der Waals surface area contributed by atoms with E-state index >= 15 is 0 Å². The molecule has 0 radical (unpaired) electrons. The third-order valence-electron chi connectivity index (χ3n) is 6.31. The zero-order chi connectivity index (χ0) is 26.2. The smallest absolute Gasteiger partial charge is 0.326 e. The van der Waals surface area contributed by atoms with Gasteiger partial charge in [0, 0.05) is 36.0 Å². The van der Waals surface area contributed by atoms with E-state index < -0.39 is 30.7 Å². The number of benzene rings is 1. The highest BCUT2D eigenvalue weighted by Gasteiger charge is 2.52. The highest BCUT2D eigenvalue weighted by Crippen LogP contribution is 2.53. The lowest BCUT2D eigenvalue weighted by atomic mass is 9.98. The van der Waals surface area contributed by atoms with E-state index in [4.69, 9.17) is 9.26 Å². The van der Waals surface area contributed by atoms with E-state index in [1.54, 1.807) is 37.4 Å². The van der Waals surface area contributed by atoms with Crippen LogP contribution < -0.4 is 0 Å². The molecule has 3 rings (SSSR count). The Morgan fingerprint density at radius 2 is 1.92 bits per heavy atom. The summed E-state index contributed by atoms with van der Waals surface area (Å²) >= 11 is 3.41. The average molecular weight is 558 g/mol. The van der Waals surface area contributed by atoms with E-state index in [1.165, 1.54) is 10.5 Å². The minimum Gasteiger partial charge on any atom is -0.480 e. The molecule has 2 aliphatic rings. The summed E-state index contributed by atoms with van der Waals surface area (Å²) in [6.07, 6.45) is 3.21. The number of nitrogens with zero attached hydrogens (tertiary/aromatic N) is 1. The van der Waals surface area contributed by atoms with Crippen molar-refractivity contribution in [3.8, 4) is 0 Å². The Hall–Kier alpha value is -1.32. The van der Waals surface area contributed by atoms with Crippen molar-refractivity contribution in [1.29, 1.82) is 0 Å². The third kappa shape index (κ3) is 8.35. The van der Waals surface area contributed by atoms with E-state index in [-0.39, 0.29) is 29.8 Å². The van der Waals surface area contributed by atoms with Gasteiger partial charge in [-0.1, -0.05) is 44.2 Å². The van der Waals surface area contributed by atoms with Crippen molar-refractivity contribution < 1.29 is 33.3 Å². The molecule has 1 spiro atoms. The highest BCUT2D eigenvalue weighted by molar-refractivity contribution is 8.21. The summed E-state index contributed by atoms with van der Waals surface area (Å²) in [6.45, 7) is 3.58. The molecule has 2 saturated heterocycles. The standard InChI is InChI=1S/C25H36NO7PS2/c1-24(2,17-27)18-32-19-33-34(31,11-7-6-10-20-8-4-3-5-9-20)15-22(28)26-16-25(35-12-13-36-25)14-21(26)23(29)30/h3-5,8-9,17,21H,6-7,10-16,18-19H2,1-2H3,(H,29,30)/t21-,34?/m0/s1. The molecule has 2 heterocycles. The lowest BCUT2D eigenvalue weighted by Crippen LogP contribution is -2.42. The fraction of sp³-hybridized carbons (Fsp3) is 0.640. The third-order valence-corrected chi connectivity index (χ3v) is 12.1. The Labute approximate surface area is 221 Å². The Balaban J connectivity index is 1.63. The van der Waals surface area contributed by atoms with Gasteiger partial charge >= 0.3 is 5.97 Å². The highest BCUT2D eigenvalue weighted by atomic mass is 32.2. The molecule has 0 aliphatic carbocycles. The maximum absolute atomic E-state index is 13.8. The molecule has 1 aromatic rings. The molecule has 2 atom stereocenters. The fourth-order valence-corrected chi connectivity index (χ4v) is 9.51. The number of likely N-dealkylation sites (tertiary alicyclic amines) is 1. The lowest BCUT2D eigenvalue weighted by Gasteiger charge is -2.26. The number of hydrogen-bond acceptors (Lipinski definition) is 8. The van der Waals surface area contributed by atoms with Crippen molar-refractivity contribution in [2.24, 2.45) is 5.41 Å². The number of carboxylic acid groups (broad SMARTS) is 1. The SMILES string of the molecule is CC(C)(C=O)COCOP(=O)(CCCCc1ccccc1)CC(=O)N1CC2(C[C@H]1C(=O)O)SCCS2. The van der Waals surface area contributed by atoms with Crippen LogP contribution in [0.3, 0.4) is 0 Å². The first-order valence-electron chi connectivity index (χ1n) is 12.2. The van der Waals surface area contributed by atoms with E-state index in [0.717, 1.165) is 30.6 Å². The van der Waals surface area contributed by atoms with Crippen molar-refractivity contribution in [3.63, 3.8) is 0 Å². The van der Waals surface area contributed by atoms with E-state index in [2.05, 4.69) is 0 Å². The van der Waals surface area contributed by atoms with E-state index in [9.17, 15) is 24.1 Å². The molecule has 1 N–H and O–H groups in total. The van der Waals surface area contributed by atoms with E-state index in [0.29, 0.717) is 19.4 Å². The number of aldehydes is 1. The number of rotatable bonds is 14. The molecule has 0 bridgehead atoms. The molecule has 1 aromatic carbocycles. The van der Waals surface area contributed by atoms with Crippen LogP contribution in [0.15, 0.2) is 30.3 Å². The molecule has 0 aromatic heterocycles. The van der Waals surface area contributed by atoms with Gasteiger partial charge in [-0.3, -0.25) is 9.36 Å². The van der Waals surface area contributed by atoms with Crippen molar-refractivity contribution in [1.82, 2.24) is 4.90 Å². The zero-order valence-corrected chi connectivity index (χ0v) is 23.5. The number of ether oxygens (including phenoxy) is 1. The van der Waals surface area contributed by atoms with Gasteiger partial charge in [0.1, 0.15) is 18.5 Å². The molecule has 0 saturated carbocycles. The number of aliphatic carboxylic acids is 1. The summed E-state index contributed by atoms with van der Waals surface area (Å²) in [4.78, 5) is 37.7. The second-order valence-electron chi connectivity index (χ2n) is 10.0. The van der Waals surface area contributed by atoms with Crippen LogP contribution in [0.1, 0.15) is 38.7 Å². The molecule has 8 nitrogen and oxygen atoms in total. The van der Waals surface area contributed by atoms with Crippen LogP contribution in [0.4, 0.5) is 0 Å². The van der Waals surface area contributed by atoms with Crippen molar-refractivity contribution >= 4 is 49.1 Å². The molecule has 200 valence electrons. The summed E-state index contributed by atoms with van der Waals surface area (Å²) in [5, 5.41) is 9.77. The number of carbonyl (C=O) groups is 3. The van der Waals surface area contributed by atoms with Gasteiger partial charge in [-0.25, -0.2) is 4.79 Å². The van der Waals surface area contributed by atoms with Gasteiger partial charge < -0.3 is 24.1 Å². The molecule has 11 heteroatoms. The number of aryl methyl sites for hydroxylation is 1. The van der Waals surface area contributed by atoms with Gasteiger partial charge in [0.25, 0.3) is 0 Å². The van der Waals surface area contributed by atoms with Gasteiger partial charge in [-0.05, 0) is 24.8 Å². The molecule has 2 aliphatic heterocycles. The minimum absolute atomic E-state index is 0.0998. The number of carbonyl (C=O) groups excluding carboxylic acids is 2. The topological polar surface area (TPSA) is 110 Å². The number of hydrogen-bond donors (Lipinski definition) is 1. The Bertz CT molecular complexity index is 953. The Morgan fingerprint density at radius 3 is 2.56 bits per heavy atom. The van der Waals surface area contributed by atoms with Crippen LogP contribution in [0.2, 0.25) is 0 Å². The second-order valence-corrected chi connectivity index (χ2v) is 15.9. The molecule has 1 amide bonds. The zero-order valence-electron chi connectivity index (χ0n) is 20.9. The van der Waals surface area contributed by atoms with Crippen LogP contribution in [-0.2, 0) is 34.6 Å². The molecular weight excluding hydrogens is 521 g/mol. The van der Waals surface area contributed by atoms with E-state index in [1.807, 2.05) is 30.3 Å². The maximum Gasteiger partial charge on any atom is 0.326 e. The number of thioether (sulfide) groups is 2. The van der Waals surface area contributed by atoms with Gasteiger partial charge in [0.15, 0.2) is 6.79 Å². The predicted octanol–water partition coefficient (Wildman–Crippen LogP) is 4.37. The Morgan fingerprint density at radius 1 is 1.22 bits per heavy atom. The summed E-state index contributed by atoms with van der Waals surface area (Å²) in [5.41, 5.74) is 0.482. The average Bonchev–Trinajstić information content (AvgIpc) is 3.47. The second kappa shape index (κ2) is 13.0. The van der Waals surface area contributed by atoms with Crippen LogP contribution >= 0.6 is 30.9 Å². The fourth-order valence-electron chi connectivity index (χ4n) is 4.31. The van der Waals surface area contributed by atoms with Gasteiger partial charge in [0.2, 0.25) is 13.3 Å². The van der Waals surface area contributed by atoms with Crippen LogP contribution in [0, 0.1) is 5.41 Å². The molecule has 2 fully saturated rings. The van der Waals surface area contributed by atoms with Crippen molar-refractivity contribution in [2.45, 2.75) is 49.7 Å². The first kappa shape index (κ1) is 29.2. The summed E-state index contributed by atoms with van der Waals surface area (Å²) in [6, 6.07) is 9.06. The number of unbranched alkanes of at least 4 members (excludes halogenated alkanes) is 1. The van der Waals surface area contributed by atoms with Gasteiger partial charge in [-0.15, -0.1) is 23.5 Å². The quantitative estimate of drug-likeness (QED) is 0.154. The maximum atomic E-state index is 13.8. The Kier molecular flexibility index (Phi) is 10.5. The normalized spacial score (nSPS) is 20.9. The predicted molar refractivity (Wildman–Crippen MR) is 144 cm³/mol. The first-order valence-corrected chi connectivity index (χ1v) is 16.1. The van der Waals surface area contributed by atoms with Crippen molar-refractivity contribution in [2.75, 3.05) is 43.8 Å². The molecule has 1 unspecified atom stereocenters. The monoisotopic (exact) mass is 557 g/mol. The van der Waals surface area contributed by atoms with Gasteiger partial charge in [0.05, 0.1) is 10.7 Å². The molecular formula is C25H36NO7PS2. The van der Waals surface area contributed by atoms with Crippen molar-refractivity contribution in [3.05, 3.63) is 35.9 Å². The minimum atomic E-state index is -3.45. The van der Waals surface area contributed by atoms with Crippen LogP contribution in [0.25, 0.3) is 0 Å². The summed E-state index contributed by atoms with van der Waals surface area (Å²) in [5.74, 6) is 0.367. The van der Waals surface area contributed by atoms with Crippen LogP contribution in [0.5, 0.6) is 0 Å².